The molecule has 0 bridgehead atoms. The van der Waals surface area contributed by atoms with E-state index in [0.717, 1.165) is 12.8 Å². The highest BCUT2D eigenvalue weighted by molar-refractivity contribution is 7.89. The third kappa shape index (κ3) is 2.57. The number of likely N-dealkylation sites (N-methyl/N-ethyl adjacent to an activating group) is 1. The molecule has 0 amide bonds. The molecule has 1 saturated heterocycles. The standard InChI is InChI=1S/C11H20N4O2S/c1-3-10-13-7-11(14-10)18(16,17)15-6-4-5-9(8-15)12-2/h7,9,12H,3-6,8H2,1-2H3,(H,13,14). The molecule has 0 aliphatic carbocycles. The first-order valence-electron chi connectivity index (χ1n) is 6.29. The molecule has 0 spiro atoms. The summed E-state index contributed by atoms with van der Waals surface area (Å²) in [5.74, 6) is 0.704. The first-order valence-corrected chi connectivity index (χ1v) is 7.73. The fraction of sp³-hybridized carbons (Fsp3) is 0.727. The molecule has 18 heavy (non-hydrogen) atoms. The van der Waals surface area contributed by atoms with E-state index in [-0.39, 0.29) is 11.1 Å². The van der Waals surface area contributed by atoms with Crippen LogP contribution < -0.4 is 5.32 Å². The number of hydrogen-bond donors (Lipinski definition) is 2. The van der Waals surface area contributed by atoms with Crippen LogP contribution in [0.2, 0.25) is 0 Å². The summed E-state index contributed by atoms with van der Waals surface area (Å²) in [6, 6.07) is 0.238. The van der Waals surface area contributed by atoms with Gasteiger partial charge in [-0.2, -0.15) is 4.31 Å². The Morgan fingerprint density at radius 3 is 3.00 bits per heavy atom. The maximum atomic E-state index is 12.4. The third-order valence-electron chi connectivity index (χ3n) is 3.35. The zero-order valence-electron chi connectivity index (χ0n) is 10.8. The molecule has 1 fully saturated rings. The molecule has 6 nitrogen and oxygen atoms in total. The zero-order chi connectivity index (χ0) is 13.2. The van der Waals surface area contributed by atoms with Crippen molar-refractivity contribution in [1.82, 2.24) is 19.6 Å². The largest absolute Gasteiger partial charge is 0.332 e. The lowest BCUT2D eigenvalue weighted by Gasteiger charge is -2.31. The molecule has 0 saturated carbocycles. The van der Waals surface area contributed by atoms with Crippen LogP contribution >= 0.6 is 0 Å². The monoisotopic (exact) mass is 272 g/mol. The van der Waals surface area contributed by atoms with Gasteiger partial charge in [0.15, 0.2) is 5.03 Å². The number of aryl methyl sites for hydroxylation is 1. The number of nitrogens with one attached hydrogen (secondary N) is 2. The minimum atomic E-state index is -3.42. The molecule has 1 aliphatic rings. The summed E-state index contributed by atoms with van der Waals surface area (Å²) in [7, 11) is -1.55. The lowest BCUT2D eigenvalue weighted by molar-refractivity contribution is 0.292. The van der Waals surface area contributed by atoms with E-state index in [1.54, 1.807) is 0 Å². The molecule has 1 aromatic rings. The summed E-state index contributed by atoms with van der Waals surface area (Å²) in [5, 5.41) is 3.35. The quantitative estimate of drug-likeness (QED) is 0.829. The molecule has 1 aromatic heterocycles. The Hall–Kier alpha value is -0.920. The normalized spacial score (nSPS) is 22.2. The SMILES string of the molecule is CCc1ncc(S(=O)(=O)N2CCCC(NC)C2)[nH]1. The van der Waals surface area contributed by atoms with E-state index in [2.05, 4.69) is 15.3 Å². The molecule has 7 heteroatoms. The van der Waals surface area contributed by atoms with E-state index in [9.17, 15) is 8.42 Å². The number of H-pyrrole nitrogens is 1. The molecule has 0 aromatic carbocycles. The number of piperidine rings is 1. The predicted molar refractivity (Wildman–Crippen MR) is 68.8 cm³/mol. The van der Waals surface area contributed by atoms with Crippen molar-refractivity contribution in [3.05, 3.63) is 12.0 Å². The molecule has 1 unspecified atom stereocenters. The fourth-order valence-electron chi connectivity index (χ4n) is 2.19. The second-order valence-corrected chi connectivity index (χ2v) is 6.44. The van der Waals surface area contributed by atoms with Crippen molar-refractivity contribution in [2.45, 2.75) is 37.3 Å². The number of imidazole rings is 1. The molecular weight excluding hydrogens is 252 g/mol. The Balaban J connectivity index is 2.19. The van der Waals surface area contributed by atoms with Crippen LogP contribution in [0, 0.1) is 0 Å². The van der Waals surface area contributed by atoms with Gasteiger partial charge in [-0.25, -0.2) is 13.4 Å². The van der Waals surface area contributed by atoms with Crippen LogP contribution in [0.15, 0.2) is 11.2 Å². The Kier molecular flexibility index (Phi) is 4.04. The van der Waals surface area contributed by atoms with Crippen LogP contribution in [0.5, 0.6) is 0 Å². The van der Waals surface area contributed by atoms with Gasteiger partial charge in [0.05, 0.1) is 6.20 Å². The van der Waals surface area contributed by atoms with Crippen molar-refractivity contribution < 1.29 is 8.42 Å². The van der Waals surface area contributed by atoms with Gasteiger partial charge in [-0.1, -0.05) is 6.92 Å². The second-order valence-electron chi connectivity index (χ2n) is 4.54. The van der Waals surface area contributed by atoms with Crippen LogP contribution in [-0.2, 0) is 16.4 Å². The first kappa shape index (κ1) is 13.5. The Bertz CT molecular complexity index is 497. The third-order valence-corrected chi connectivity index (χ3v) is 5.12. The Morgan fingerprint density at radius 2 is 2.39 bits per heavy atom. The second kappa shape index (κ2) is 5.38. The maximum Gasteiger partial charge on any atom is 0.260 e. The van der Waals surface area contributed by atoms with E-state index in [4.69, 9.17) is 0 Å². The fourth-order valence-corrected chi connectivity index (χ4v) is 3.65. The van der Waals surface area contributed by atoms with Crippen molar-refractivity contribution >= 4 is 10.0 Å². The van der Waals surface area contributed by atoms with Gasteiger partial charge < -0.3 is 10.3 Å². The number of rotatable bonds is 4. The topological polar surface area (TPSA) is 78.1 Å². The highest BCUT2D eigenvalue weighted by atomic mass is 32.2. The van der Waals surface area contributed by atoms with Crippen molar-refractivity contribution in [2.75, 3.05) is 20.1 Å². The van der Waals surface area contributed by atoms with Gasteiger partial charge in [0.1, 0.15) is 5.82 Å². The number of aromatic amines is 1. The lowest BCUT2D eigenvalue weighted by Crippen LogP contribution is -2.46. The molecule has 2 N–H and O–H groups in total. The molecule has 2 heterocycles. The highest BCUT2D eigenvalue weighted by Crippen LogP contribution is 2.19. The lowest BCUT2D eigenvalue weighted by atomic mass is 10.1. The van der Waals surface area contributed by atoms with Gasteiger partial charge in [0.2, 0.25) is 0 Å². The molecule has 0 radical (unpaired) electrons. The molecule has 1 aliphatic heterocycles. The van der Waals surface area contributed by atoms with Crippen LogP contribution in [0.1, 0.15) is 25.6 Å². The smallest absolute Gasteiger partial charge is 0.260 e. The summed E-state index contributed by atoms with van der Waals surface area (Å²) >= 11 is 0. The van der Waals surface area contributed by atoms with E-state index in [1.165, 1.54) is 10.5 Å². The number of hydrogen-bond acceptors (Lipinski definition) is 4. The highest BCUT2D eigenvalue weighted by Gasteiger charge is 2.30. The van der Waals surface area contributed by atoms with Crippen molar-refractivity contribution in [3.8, 4) is 0 Å². The number of aromatic nitrogens is 2. The molecular formula is C11H20N4O2S. The minimum absolute atomic E-state index is 0.205. The van der Waals surface area contributed by atoms with Gasteiger partial charge in [-0.3, -0.25) is 0 Å². The summed E-state index contributed by atoms with van der Waals surface area (Å²) in [6.45, 7) is 3.05. The average molecular weight is 272 g/mol. The zero-order valence-corrected chi connectivity index (χ0v) is 11.6. The van der Waals surface area contributed by atoms with Crippen LogP contribution in [-0.4, -0.2) is 48.9 Å². The van der Waals surface area contributed by atoms with E-state index >= 15 is 0 Å². The van der Waals surface area contributed by atoms with Crippen LogP contribution in [0.25, 0.3) is 0 Å². The van der Waals surface area contributed by atoms with Crippen LogP contribution in [0.3, 0.4) is 0 Å². The summed E-state index contributed by atoms with van der Waals surface area (Å²) in [4.78, 5) is 6.93. The van der Waals surface area contributed by atoms with Crippen molar-refractivity contribution in [1.29, 1.82) is 0 Å². The Morgan fingerprint density at radius 1 is 1.61 bits per heavy atom. The first-order chi connectivity index (χ1) is 8.57. The van der Waals surface area contributed by atoms with Gasteiger partial charge in [-0.15, -0.1) is 0 Å². The molecule has 102 valence electrons. The van der Waals surface area contributed by atoms with E-state index < -0.39 is 10.0 Å². The predicted octanol–water partition coefficient (Wildman–Crippen LogP) is 0.345. The van der Waals surface area contributed by atoms with Crippen molar-refractivity contribution in [2.24, 2.45) is 0 Å². The maximum absolute atomic E-state index is 12.4. The number of nitrogens with zero attached hydrogens (tertiary/aromatic N) is 2. The Labute approximate surface area is 108 Å². The van der Waals surface area contributed by atoms with Gasteiger partial charge in [0.25, 0.3) is 10.0 Å². The van der Waals surface area contributed by atoms with E-state index in [1.807, 2.05) is 14.0 Å². The van der Waals surface area contributed by atoms with Crippen molar-refractivity contribution in [3.63, 3.8) is 0 Å². The van der Waals surface area contributed by atoms with Gasteiger partial charge in [-0.05, 0) is 19.9 Å². The summed E-state index contributed by atoms with van der Waals surface area (Å²) in [5.41, 5.74) is 0. The van der Waals surface area contributed by atoms with Gasteiger partial charge >= 0.3 is 0 Å². The molecule has 1 atom stereocenters. The minimum Gasteiger partial charge on any atom is -0.332 e. The van der Waals surface area contributed by atoms with E-state index in [0.29, 0.717) is 25.3 Å². The van der Waals surface area contributed by atoms with Crippen LogP contribution in [0.4, 0.5) is 0 Å². The number of sulfonamides is 1. The summed E-state index contributed by atoms with van der Waals surface area (Å²) in [6.07, 6.45) is 4.02. The summed E-state index contributed by atoms with van der Waals surface area (Å²) < 4.78 is 26.3. The van der Waals surface area contributed by atoms with Gasteiger partial charge in [0, 0.05) is 25.6 Å². The molecule has 2 rings (SSSR count). The average Bonchev–Trinajstić information content (AvgIpc) is 2.88.